The van der Waals surface area contributed by atoms with Gasteiger partial charge in [-0.2, -0.15) is 0 Å². The summed E-state index contributed by atoms with van der Waals surface area (Å²) < 4.78 is 0. The van der Waals surface area contributed by atoms with Crippen molar-refractivity contribution in [3.8, 4) is 0 Å². The van der Waals surface area contributed by atoms with Crippen LogP contribution in [0.4, 0.5) is 0 Å². The molecule has 0 unspecified atom stereocenters. The summed E-state index contributed by atoms with van der Waals surface area (Å²) in [5.41, 5.74) is 6.32. The first-order valence-electron chi connectivity index (χ1n) is 2.79. The summed E-state index contributed by atoms with van der Waals surface area (Å²) in [7, 11) is 0. The van der Waals surface area contributed by atoms with Gasteiger partial charge in [-0.15, -0.1) is 0 Å². The molecule has 0 amide bonds. The van der Waals surface area contributed by atoms with E-state index in [1.165, 1.54) is 0 Å². The highest BCUT2D eigenvalue weighted by Gasteiger charge is 1.72. The minimum absolute atomic E-state index is 0.726. The van der Waals surface area contributed by atoms with Gasteiger partial charge in [0.25, 0.3) is 0 Å². The van der Waals surface area contributed by atoms with Gasteiger partial charge in [0.05, 0.1) is 0 Å². The largest absolute Gasteiger partial charge is 0.330 e. The summed E-state index contributed by atoms with van der Waals surface area (Å²) in [5.74, 6) is 0. The van der Waals surface area contributed by atoms with Crippen LogP contribution in [-0.4, -0.2) is 6.54 Å². The standard InChI is InChI=1S/C7H13N/c1-7(2)5-3-4-6-8/h3,5H,1,4,6,8H2,2H3. The Hall–Kier alpha value is -0.560. The first-order chi connectivity index (χ1) is 3.77. The quantitative estimate of drug-likeness (QED) is 0.548. The van der Waals surface area contributed by atoms with Gasteiger partial charge in [-0.25, -0.2) is 0 Å². The molecular weight excluding hydrogens is 98.1 g/mol. The molecule has 8 heavy (non-hydrogen) atoms. The minimum Gasteiger partial charge on any atom is -0.330 e. The van der Waals surface area contributed by atoms with E-state index >= 15 is 0 Å². The number of rotatable bonds is 3. The van der Waals surface area contributed by atoms with Crippen molar-refractivity contribution in [2.24, 2.45) is 5.73 Å². The molecule has 0 rings (SSSR count). The van der Waals surface area contributed by atoms with Crippen molar-refractivity contribution >= 4 is 0 Å². The Morgan fingerprint density at radius 3 is 2.75 bits per heavy atom. The van der Waals surface area contributed by atoms with E-state index in [1.807, 2.05) is 19.1 Å². The van der Waals surface area contributed by atoms with Crippen LogP contribution in [0.1, 0.15) is 13.3 Å². The zero-order chi connectivity index (χ0) is 6.41. The fourth-order valence-electron chi connectivity index (χ4n) is 0.381. The summed E-state index contributed by atoms with van der Waals surface area (Å²) >= 11 is 0. The van der Waals surface area contributed by atoms with Crippen molar-refractivity contribution in [3.05, 3.63) is 24.3 Å². The predicted molar refractivity (Wildman–Crippen MR) is 37.6 cm³/mol. The maximum atomic E-state index is 5.23. The molecule has 0 aromatic carbocycles. The smallest absolute Gasteiger partial charge is 0.00425 e. The molecule has 0 bridgehead atoms. The lowest BCUT2D eigenvalue weighted by Crippen LogP contribution is -1.94. The van der Waals surface area contributed by atoms with Gasteiger partial charge in [-0.3, -0.25) is 0 Å². The van der Waals surface area contributed by atoms with Gasteiger partial charge in [0.15, 0.2) is 0 Å². The second-order valence-electron chi connectivity index (χ2n) is 1.83. The van der Waals surface area contributed by atoms with Crippen LogP contribution in [0.25, 0.3) is 0 Å². The van der Waals surface area contributed by atoms with Crippen LogP contribution in [0, 0.1) is 0 Å². The Labute approximate surface area is 50.9 Å². The van der Waals surface area contributed by atoms with Gasteiger partial charge in [0.1, 0.15) is 0 Å². The summed E-state index contributed by atoms with van der Waals surface area (Å²) in [6.07, 6.45) is 4.96. The molecule has 2 N–H and O–H groups in total. The molecule has 0 heterocycles. The average Bonchev–Trinajstić information content (AvgIpc) is 1.66. The van der Waals surface area contributed by atoms with Crippen LogP contribution < -0.4 is 5.73 Å². The van der Waals surface area contributed by atoms with Crippen molar-refractivity contribution in [2.45, 2.75) is 13.3 Å². The molecule has 1 heteroatoms. The molecule has 0 aliphatic rings. The van der Waals surface area contributed by atoms with E-state index < -0.39 is 0 Å². The third-order valence-electron chi connectivity index (χ3n) is 0.736. The molecule has 0 radical (unpaired) electrons. The fraction of sp³-hybridized carbons (Fsp3) is 0.429. The molecule has 46 valence electrons. The van der Waals surface area contributed by atoms with Crippen LogP contribution in [0.3, 0.4) is 0 Å². The Balaban J connectivity index is 3.20. The van der Waals surface area contributed by atoms with E-state index in [4.69, 9.17) is 5.73 Å². The highest BCUT2D eigenvalue weighted by molar-refractivity contribution is 5.10. The van der Waals surface area contributed by atoms with E-state index in [0.29, 0.717) is 0 Å². The van der Waals surface area contributed by atoms with Crippen molar-refractivity contribution in [3.63, 3.8) is 0 Å². The first kappa shape index (κ1) is 7.44. The lowest BCUT2D eigenvalue weighted by Gasteiger charge is -1.84. The predicted octanol–water partition coefficient (Wildman–Crippen LogP) is 1.47. The molecule has 0 aliphatic heterocycles. The number of hydrogen-bond donors (Lipinski definition) is 1. The molecule has 0 aromatic rings. The Kier molecular flexibility index (Phi) is 4.27. The average molecular weight is 111 g/mol. The third-order valence-corrected chi connectivity index (χ3v) is 0.736. The zero-order valence-electron chi connectivity index (χ0n) is 5.35. The molecule has 0 aromatic heterocycles. The number of nitrogens with two attached hydrogens (primary N) is 1. The number of hydrogen-bond acceptors (Lipinski definition) is 1. The third kappa shape index (κ3) is 5.44. The minimum atomic E-state index is 0.726. The fourth-order valence-corrected chi connectivity index (χ4v) is 0.381. The van der Waals surface area contributed by atoms with Crippen molar-refractivity contribution in [1.82, 2.24) is 0 Å². The van der Waals surface area contributed by atoms with Crippen LogP contribution in [-0.2, 0) is 0 Å². The number of allylic oxidation sites excluding steroid dienone is 2. The highest BCUT2D eigenvalue weighted by Crippen LogP contribution is 1.89. The SMILES string of the molecule is C=C(C)C=CCCN. The molecule has 0 atom stereocenters. The van der Waals surface area contributed by atoms with E-state index in [0.717, 1.165) is 18.5 Å². The van der Waals surface area contributed by atoms with Gasteiger partial charge in [0, 0.05) is 0 Å². The second kappa shape index (κ2) is 4.60. The summed E-state index contributed by atoms with van der Waals surface area (Å²) in [4.78, 5) is 0. The highest BCUT2D eigenvalue weighted by atomic mass is 14.5. The molecule has 0 aliphatic carbocycles. The van der Waals surface area contributed by atoms with E-state index in [-0.39, 0.29) is 0 Å². The van der Waals surface area contributed by atoms with Crippen molar-refractivity contribution in [1.29, 1.82) is 0 Å². The van der Waals surface area contributed by atoms with Crippen LogP contribution >= 0.6 is 0 Å². The van der Waals surface area contributed by atoms with Gasteiger partial charge in [-0.05, 0) is 19.9 Å². The van der Waals surface area contributed by atoms with Crippen LogP contribution in [0.2, 0.25) is 0 Å². The topological polar surface area (TPSA) is 26.0 Å². The van der Waals surface area contributed by atoms with Crippen LogP contribution in [0.5, 0.6) is 0 Å². The van der Waals surface area contributed by atoms with E-state index in [2.05, 4.69) is 6.58 Å². The maximum absolute atomic E-state index is 5.23. The van der Waals surface area contributed by atoms with Crippen molar-refractivity contribution in [2.75, 3.05) is 6.54 Å². The molecule has 0 spiro atoms. The lowest BCUT2D eigenvalue weighted by molar-refractivity contribution is 1.01. The molecular formula is C7H13N. The monoisotopic (exact) mass is 111 g/mol. The van der Waals surface area contributed by atoms with Crippen molar-refractivity contribution < 1.29 is 0 Å². The van der Waals surface area contributed by atoms with Gasteiger partial charge >= 0.3 is 0 Å². The summed E-state index contributed by atoms with van der Waals surface area (Å²) in [6, 6.07) is 0. The Morgan fingerprint density at radius 2 is 2.38 bits per heavy atom. The Morgan fingerprint density at radius 1 is 1.75 bits per heavy atom. The van der Waals surface area contributed by atoms with Gasteiger partial charge in [0.2, 0.25) is 0 Å². The Bertz CT molecular complexity index is 92.6. The molecule has 0 saturated carbocycles. The second-order valence-corrected chi connectivity index (χ2v) is 1.83. The van der Waals surface area contributed by atoms with Gasteiger partial charge < -0.3 is 5.73 Å². The van der Waals surface area contributed by atoms with E-state index in [9.17, 15) is 0 Å². The maximum Gasteiger partial charge on any atom is -0.00425 e. The lowest BCUT2D eigenvalue weighted by atomic mass is 10.3. The molecule has 1 nitrogen and oxygen atoms in total. The van der Waals surface area contributed by atoms with E-state index in [1.54, 1.807) is 0 Å². The normalized spacial score (nSPS) is 10.2. The molecule has 0 fully saturated rings. The molecule has 0 saturated heterocycles. The summed E-state index contributed by atoms with van der Waals surface area (Å²) in [6.45, 7) is 6.39. The van der Waals surface area contributed by atoms with Crippen LogP contribution in [0.15, 0.2) is 24.3 Å². The summed E-state index contributed by atoms with van der Waals surface area (Å²) in [5, 5.41) is 0. The first-order valence-corrected chi connectivity index (χ1v) is 2.79. The zero-order valence-corrected chi connectivity index (χ0v) is 5.35. The van der Waals surface area contributed by atoms with Gasteiger partial charge in [-0.1, -0.05) is 24.3 Å².